The average Bonchev–Trinajstić information content (AvgIpc) is 2.27. The Hall–Kier alpha value is -1.83. The molecule has 0 aliphatic heterocycles. The molecule has 18 heavy (non-hydrogen) atoms. The first-order valence-electron chi connectivity index (χ1n) is 4.91. The van der Waals surface area contributed by atoms with Crippen LogP contribution in [0.4, 0.5) is 18.9 Å². The zero-order valence-electron chi connectivity index (χ0n) is 9.11. The molecule has 1 rings (SSSR count). The smallest absolute Gasteiger partial charge is 0.392 e. The molecular weight excluding hydrogens is 255 g/mol. The second-order valence-electron chi connectivity index (χ2n) is 3.42. The zero-order valence-corrected chi connectivity index (χ0v) is 9.11. The monoisotopic (exact) mass is 265 g/mol. The highest BCUT2D eigenvalue weighted by molar-refractivity contribution is 5.43. The Kier molecular flexibility index (Phi) is 4.49. The summed E-state index contributed by atoms with van der Waals surface area (Å²) in [7, 11) is 0. The number of nitro groups is 1. The lowest BCUT2D eigenvalue weighted by atomic mass is 10.2. The van der Waals surface area contributed by atoms with Gasteiger partial charge in [0.25, 0.3) is 5.69 Å². The third-order valence-corrected chi connectivity index (χ3v) is 2.07. The van der Waals surface area contributed by atoms with Gasteiger partial charge in [0.05, 0.1) is 24.6 Å². The number of aliphatic hydroxyl groups excluding tert-OH is 1. The van der Waals surface area contributed by atoms with E-state index in [-0.39, 0.29) is 17.0 Å². The van der Waals surface area contributed by atoms with Gasteiger partial charge in [-0.25, -0.2) is 0 Å². The maximum Gasteiger partial charge on any atom is 0.392 e. The Morgan fingerprint density at radius 2 is 2.06 bits per heavy atom. The fourth-order valence-corrected chi connectivity index (χ4v) is 1.22. The highest BCUT2D eigenvalue weighted by atomic mass is 19.4. The summed E-state index contributed by atoms with van der Waals surface area (Å²) in [5.41, 5.74) is -0.186. The lowest BCUT2D eigenvalue weighted by Gasteiger charge is -2.11. The van der Waals surface area contributed by atoms with E-state index in [2.05, 4.69) is 0 Å². The molecule has 0 saturated carbocycles. The van der Waals surface area contributed by atoms with Gasteiger partial charge in [0.15, 0.2) is 0 Å². The molecule has 100 valence electrons. The van der Waals surface area contributed by atoms with Gasteiger partial charge in [-0.1, -0.05) is 0 Å². The number of hydrogen-bond donors (Lipinski definition) is 1. The van der Waals surface area contributed by atoms with Crippen LogP contribution < -0.4 is 4.74 Å². The van der Waals surface area contributed by atoms with Gasteiger partial charge >= 0.3 is 6.18 Å². The first kappa shape index (κ1) is 14.2. The Labute approximate surface area is 99.9 Å². The average molecular weight is 265 g/mol. The van der Waals surface area contributed by atoms with Gasteiger partial charge in [-0.3, -0.25) is 10.1 Å². The van der Waals surface area contributed by atoms with Gasteiger partial charge in [-0.05, 0) is 6.07 Å². The number of hydrogen-bond acceptors (Lipinski definition) is 4. The first-order valence-corrected chi connectivity index (χ1v) is 4.91. The summed E-state index contributed by atoms with van der Waals surface area (Å²) in [5, 5.41) is 19.4. The summed E-state index contributed by atoms with van der Waals surface area (Å²) >= 11 is 0. The summed E-state index contributed by atoms with van der Waals surface area (Å²) in [6.45, 7) is -1.16. The minimum Gasteiger partial charge on any atom is -0.493 e. The molecular formula is C10H10F3NO4. The molecule has 5 nitrogen and oxygen atoms in total. The van der Waals surface area contributed by atoms with Crippen molar-refractivity contribution in [3.05, 3.63) is 33.9 Å². The van der Waals surface area contributed by atoms with Crippen LogP contribution in [0.5, 0.6) is 5.75 Å². The Morgan fingerprint density at radius 1 is 1.39 bits per heavy atom. The van der Waals surface area contributed by atoms with Gasteiger partial charge < -0.3 is 9.84 Å². The zero-order chi connectivity index (χ0) is 13.8. The molecule has 0 saturated heterocycles. The fraction of sp³-hybridized carbons (Fsp3) is 0.400. The summed E-state index contributed by atoms with van der Waals surface area (Å²) < 4.78 is 40.5. The molecule has 0 amide bonds. The van der Waals surface area contributed by atoms with Gasteiger partial charge in [0.1, 0.15) is 5.75 Å². The molecule has 0 aliphatic carbocycles. The standard InChI is InChI=1S/C10H10F3NO4/c11-10(12,13)3-4-18-9-2-1-8(14(16)17)5-7(9)6-15/h1-2,5,15H,3-4,6H2. The summed E-state index contributed by atoms with van der Waals surface area (Å²) in [6, 6.07) is 3.32. The lowest BCUT2D eigenvalue weighted by molar-refractivity contribution is -0.385. The summed E-state index contributed by atoms with van der Waals surface area (Å²) in [4.78, 5) is 9.79. The molecule has 0 atom stereocenters. The number of nitrogens with zero attached hydrogens (tertiary/aromatic N) is 1. The molecule has 0 heterocycles. The first-order chi connectivity index (χ1) is 8.33. The number of alkyl halides is 3. The van der Waals surface area contributed by atoms with Crippen molar-refractivity contribution < 1.29 is 27.9 Å². The Morgan fingerprint density at radius 3 is 2.56 bits per heavy atom. The van der Waals surface area contributed by atoms with Crippen LogP contribution in [0.1, 0.15) is 12.0 Å². The minimum absolute atomic E-state index is 0.00681. The van der Waals surface area contributed by atoms with Gasteiger partial charge in [-0.15, -0.1) is 0 Å². The maximum atomic E-state index is 11.9. The van der Waals surface area contributed by atoms with Crippen LogP contribution in [0.3, 0.4) is 0 Å². The third kappa shape index (κ3) is 4.21. The van der Waals surface area contributed by atoms with Crippen molar-refractivity contribution in [1.29, 1.82) is 0 Å². The molecule has 0 bridgehead atoms. The second kappa shape index (κ2) is 5.67. The molecule has 1 aromatic rings. The van der Waals surface area contributed by atoms with Gasteiger partial charge in [0, 0.05) is 17.7 Å². The van der Waals surface area contributed by atoms with E-state index in [0.29, 0.717) is 0 Å². The van der Waals surface area contributed by atoms with Crippen molar-refractivity contribution >= 4 is 5.69 Å². The largest absolute Gasteiger partial charge is 0.493 e. The Bertz CT molecular complexity index is 434. The Balaban J connectivity index is 2.74. The van der Waals surface area contributed by atoms with Crippen molar-refractivity contribution in [3.8, 4) is 5.75 Å². The number of non-ortho nitro benzene ring substituents is 1. The molecule has 1 N–H and O–H groups in total. The number of aliphatic hydroxyl groups is 1. The van der Waals surface area contributed by atoms with E-state index >= 15 is 0 Å². The van der Waals surface area contributed by atoms with Crippen LogP contribution in [0.25, 0.3) is 0 Å². The molecule has 0 radical (unpaired) electrons. The van der Waals surface area contributed by atoms with Crippen molar-refractivity contribution in [3.63, 3.8) is 0 Å². The molecule has 8 heteroatoms. The highest BCUT2D eigenvalue weighted by Crippen LogP contribution is 2.26. The minimum atomic E-state index is -4.33. The number of halogens is 3. The van der Waals surface area contributed by atoms with E-state index in [9.17, 15) is 23.3 Å². The summed E-state index contributed by atoms with van der Waals surface area (Å²) in [6.07, 6.45) is -5.46. The van der Waals surface area contributed by atoms with Crippen molar-refractivity contribution in [2.24, 2.45) is 0 Å². The van der Waals surface area contributed by atoms with Crippen LogP contribution in [-0.4, -0.2) is 22.8 Å². The molecule has 0 fully saturated rings. The fourth-order valence-electron chi connectivity index (χ4n) is 1.22. The van der Waals surface area contributed by atoms with Crippen LogP contribution >= 0.6 is 0 Å². The number of nitro benzene ring substituents is 1. The number of ether oxygens (including phenoxy) is 1. The molecule has 0 aliphatic rings. The summed E-state index contributed by atoms with van der Waals surface area (Å²) in [5.74, 6) is 0.00681. The van der Waals surface area contributed by atoms with Gasteiger partial charge in [0.2, 0.25) is 0 Å². The molecule has 0 spiro atoms. The number of benzene rings is 1. The topological polar surface area (TPSA) is 72.6 Å². The SMILES string of the molecule is O=[N+]([O-])c1ccc(OCCC(F)(F)F)c(CO)c1. The van der Waals surface area contributed by atoms with Crippen molar-refractivity contribution in [2.75, 3.05) is 6.61 Å². The van der Waals surface area contributed by atoms with Crippen LogP contribution in [0.15, 0.2) is 18.2 Å². The van der Waals surface area contributed by atoms with E-state index in [1.54, 1.807) is 0 Å². The predicted octanol–water partition coefficient (Wildman–Crippen LogP) is 2.42. The maximum absolute atomic E-state index is 11.9. The molecule has 0 aromatic heterocycles. The normalized spacial score (nSPS) is 11.3. The lowest BCUT2D eigenvalue weighted by Crippen LogP contribution is -2.13. The van der Waals surface area contributed by atoms with Crippen molar-refractivity contribution in [2.45, 2.75) is 19.2 Å². The predicted molar refractivity (Wildman–Crippen MR) is 55.2 cm³/mol. The van der Waals surface area contributed by atoms with Gasteiger partial charge in [-0.2, -0.15) is 13.2 Å². The number of rotatable bonds is 5. The van der Waals surface area contributed by atoms with E-state index in [0.717, 1.165) is 12.1 Å². The van der Waals surface area contributed by atoms with E-state index in [1.807, 2.05) is 0 Å². The third-order valence-electron chi connectivity index (χ3n) is 2.07. The second-order valence-corrected chi connectivity index (χ2v) is 3.42. The van der Waals surface area contributed by atoms with Crippen molar-refractivity contribution in [1.82, 2.24) is 0 Å². The van der Waals surface area contributed by atoms with Crippen LogP contribution in [0.2, 0.25) is 0 Å². The highest BCUT2D eigenvalue weighted by Gasteiger charge is 2.27. The molecule has 0 unspecified atom stereocenters. The van der Waals surface area contributed by atoms with E-state index < -0.39 is 30.7 Å². The van der Waals surface area contributed by atoms with Crippen LogP contribution in [0, 0.1) is 10.1 Å². The quantitative estimate of drug-likeness (QED) is 0.655. The van der Waals surface area contributed by atoms with E-state index in [1.165, 1.54) is 6.07 Å². The molecule has 1 aromatic carbocycles. The van der Waals surface area contributed by atoms with E-state index in [4.69, 9.17) is 9.84 Å². The van der Waals surface area contributed by atoms with Crippen LogP contribution in [-0.2, 0) is 6.61 Å².